The van der Waals surface area contributed by atoms with Gasteiger partial charge in [-0.25, -0.2) is 13.2 Å². The molecule has 1 aliphatic heterocycles. The Morgan fingerprint density at radius 1 is 1.21 bits per heavy atom. The second-order valence-corrected chi connectivity index (χ2v) is 10.6. The third-order valence-corrected chi connectivity index (χ3v) is 8.63. The number of halogens is 1. The van der Waals surface area contributed by atoms with Crippen molar-refractivity contribution in [2.75, 3.05) is 25.0 Å². The Bertz CT molecular complexity index is 1190. The summed E-state index contributed by atoms with van der Waals surface area (Å²) in [5.41, 5.74) is 2.49. The van der Waals surface area contributed by atoms with E-state index in [1.807, 2.05) is 13.0 Å². The molecule has 3 rings (SSSR count). The average Bonchev–Trinajstić information content (AvgIpc) is 3.01. The lowest BCUT2D eigenvalue weighted by Crippen LogP contribution is -2.44. The number of piperidine rings is 1. The Morgan fingerprint density at radius 2 is 1.91 bits per heavy atom. The molecule has 8 nitrogen and oxygen atoms in total. The first-order chi connectivity index (χ1) is 15.5. The molecular formula is C23H30ClN3O5S. The van der Waals surface area contributed by atoms with E-state index < -0.39 is 21.9 Å². The number of benzene rings is 1. The summed E-state index contributed by atoms with van der Waals surface area (Å²) < 4.78 is 35.4. The number of hydrogen-bond acceptors (Lipinski definition) is 5. The van der Waals surface area contributed by atoms with Crippen molar-refractivity contribution in [2.24, 2.45) is 13.0 Å². The van der Waals surface area contributed by atoms with E-state index in [1.54, 1.807) is 44.5 Å². The van der Waals surface area contributed by atoms with Crippen LogP contribution in [0.4, 0.5) is 5.69 Å². The van der Waals surface area contributed by atoms with Gasteiger partial charge in [0, 0.05) is 42.2 Å². The van der Waals surface area contributed by atoms with Crippen molar-refractivity contribution < 1.29 is 22.7 Å². The van der Waals surface area contributed by atoms with Crippen LogP contribution in [0.25, 0.3) is 0 Å². The van der Waals surface area contributed by atoms with E-state index in [0.29, 0.717) is 34.9 Å². The van der Waals surface area contributed by atoms with E-state index in [-0.39, 0.29) is 36.1 Å². The highest BCUT2D eigenvalue weighted by molar-refractivity contribution is 7.89. The summed E-state index contributed by atoms with van der Waals surface area (Å²) in [7, 11) is -2.32. The molecule has 1 aromatic heterocycles. The van der Waals surface area contributed by atoms with E-state index in [1.165, 1.54) is 4.31 Å². The molecule has 1 unspecified atom stereocenters. The number of hydrogen-bond donors (Lipinski definition) is 1. The fourth-order valence-electron chi connectivity index (χ4n) is 4.09. The largest absolute Gasteiger partial charge is 0.462 e. The van der Waals surface area contributed by atoms with Crippen molar-refractivity contribution in [3.05, 3.63) is 45.7 Å². The number of carbonyl (C=O) groups is 2. The second kappa shape index (κ2) is 9.87. The molecule has 180 valence electrons. The van der Waals surface area contributed by atoms with Crippen LogP contribution >= 0.6 is 11.6 Å². The van der Waals surface area contributed by atoms with Gasteiger partial charge in [-0.05, 0) is 58.2 Å². The average molecular weight is 496 g/mol. The van der Waals surface area contributed by atoms with Gasteiger partial charge in [0.15, 0.2) is 0 Å². The molecule has 2 heterocycles. The fourth-order valence-corrected chi connectivity index (χ4v) is 6.28. The molecule has 1 aromatic carbocycles. The second-order valence-electron chi connectivity index (χ2n) is 8.31. The molecule has 0 aliphatic carbocycles. The molecule has 1 atom stereocenters. The number of ether oxygens (including phenoxy) is 1. The normalized spacial score (nSPS) is 17.1. The standard InChI is InChI=1S/C23H30ClN3O5S/c1-6-32-23(29)20-15(3)26(5)16(4)21(20)33(30,31)27-11-7-8-17(13-27)22(28)25-18-10-9-14(2)19(24)12-18/h9-10,12,17H,6-8,11,13H2,1-5H3,(H,25,28). The molecule has 1 saturated heterocycles. The summed E-state index contributed by atoms with van der Waals surface area (Å²) in [5, 5.41) is 3.38. The lowest BCUT2D eigenvalue weighted by Gasteiger charge is -2.31. The van der Waals surface area contributed by atoms with Gasteiger partial charge in [-0.1, -0.05) is 17.7 Å². The number of nitrogens with zero attached hydrogens (tertiary/aromatic N) is 2. The van der Waals surface area contributed by atoms with Crippen LogP contribution in [0, 0.1) is 26.7 Å². The number of aromatic nitrogens is 1. The van der Waals surface area contributed by atoms with Crippen molar-refractivity contribution in [1.82, 2.24) is 8.87 Å². The molecule has 10 heteroatoms. The van der Waals surface area contributed by atoms with Crippen LogP contribution in [0.1, 0.15) is 47.1 Å². The molecule has 1 amide bonds. The van der Waals surface area contributed by atoms with E-state index >= 15 is 0 Å². The predicted octanol–water partition coefficient (Wildman–Crippen LogP) is 3.82. The van der Waals surface area contributed by atoms with Gasteiger partial charge in [0.2, 0.25) is 15.9 Å². The maximum absolute atomic E-state index is 13.7. The minimum Gasteiger partial charge on any atom is -0.462 e. The van der Waals surface area contributed by atoms with Crippen LogP contribution in [0.2, 0.25) is 5.02 Å². The highest BCUT2D eigenvalue weighted by Gasteiger charge is 2.39. The number of nitrogens with one attached hydrogen (secondary N) is 1. The van der Waals surface area contributed by atoms with E-state index in [9.17, 15) is 18.0 Å². The van der Waals surface area contributed by atoms with Crippen LogP contribution in [-0.2, 0) is 26.6 Å². The Labute approximate surface area is 199 Å². The number of rotatable bonds is 6. The predicted molar refractivity (Wildman–Crippen MR) is 127 cm³/mol. The van der Waals surface area contributed by atoms with E-state index in [2.05, 4.69) is 5.32 Å². The third kappa shape index (κ3) is 4.95. The van der Waals surface area contributed by atoms with Crippen LogP contribution in [0.5, 0.6) is 0 Å². The summed E-state index contributed by atoms with van der Waals surface area (Å²) in [6.07, 6.45) is 1.10. The topological polar surface area (TPSA) is 97.7 Å². The number of amides is 1. The zero-order chi connectivity index (χ0) is 24.5. The van der Waals surface area contributed by atoms with Crippen molar-refractivity contribution in [2.45, 2.75) is 45.4 Å². The van der Waals surface area contributed by atoms with Crippen LogP contribution < -0.4 is 5.32 Å². The molecule has 1 aliphatic rings. The first-order valence-corrected chi connectivity index (χ1v) is 12.7. The highest BCUT2D eigenvalue weighted by Crippen LogP contribution is 2.32. The fraction of sp³-hybridized carbons (Fsp3) is 0.478. The van der Waals surface area contributed by atoms with Crippen molar-refractivity contribution in [1.29, 1.82) is 0 Å². The van der Waals surface area contributed by atoms with Gasteiger partial charge in [0.1, 0.15) is 10.5 Å². The number of esters is 1. The maximum Gasteiger partial charge on any atom is 0.341 e. The number of anilines is 1. The molecule has 1 fully saturated rings. The summed E-state index contributed by atoms with van der Waals surface area (Å²) in [4.78, 5) is 25.5. The Kier molecular flexibility index (Phi) is 7.55. The molecule has 0 spiro atoms. The van der Waals surface area contributed by atoms with Crippen molar-refractivity contribution in [3.63, 3.8) is 0 Å². The summed E-state index contributed by atoms with van der Waals surface area (Å²) >= 11 is 6.15. The van der Waals surface area contributed by atoms with Crippen molar-refractivity contribution >= 4 is 39.2 Å². The highest BCUT2D eigenvalue weighted by atomic mass is 35.5. The maximum atomic E-state index is 13.7. The molecule has 2 aromatic rings. The molecule has 0 bridgehead atoms. The minimum absolute atomic E-state index is 0.0312. The van der Waals surface area contributed by atoms with Crippen LogP contribution in [0.15, 0.2) is 23.1 Å². The summed E-state index contributed by atoms with van der Waals surface area (Å²) in [6, 6.07) is 5.25. The molecular weight excluding hydrogens is 466 g/mol. The molecule has 0 saturated carbocycles. The SMILES string of the molecule is CCOC(=O)c1c(S(=O)(=O)N2CCCC(C(=O)Nc3ccc(C)c(Cl)c3)C2)c(C)n(C)c1C. The molecule has 33 heavy (non-hydrogen) atoms. The Hall–Kier alpha value is -2.36. The lowest BCUT2D eigenvalue weighted by atomic mass is 9.98. The van der Waals surface area contributed by atoms with Gasteiger partial charge in [-0.3, -0.25) is 4.79 Å². The third-order valence-electron chi connectivity index (χ3n) is 6.20. The van der Waals surface area contributed by atoms with Gasteiger partial charge >= 0.3 is 5.97 Å². The van der Waals surface area contributed by atoms with Gasteiger partial charge < -0.3 is 14.6 Å². The van der Waals surface area contributed by atoms with Crippen LogP contribution in [-0.4, -0.2) is 48.9 Å². The van der Waals surface area contributed by atoms with Gasteiger partial charge in [-0.15, -0.1) is 0 Å². The minimum atomic E-state index is -4.03. The number of carbonyl (C=O) groups excluding carboxylic acids is 2. The smallest absolute Gasteiger partial charge is 0.341 e. The number of sulfonamides is 1. The zero-order valence-corrected chi connectivity index (χ0v) is 21.1. The first-order valence-electron chi connectivity index (χ1n) is 10.9. The summed E-state index contributed by atoms with van der Waals surface area (Å²) in [5.74, 6) is -1.45. The molecule has 0 radical (unpaired) electrons. The monoisotopic (exact) mass is 495 g/mol. The lowest BCUT2D eigenvalue weighted by molar-refractivity contribution is -0.120. The first kappa shape index (κ1) is 25.3. The van der Waals surface area contributed by atoms with E-state index in [0.717, 1.165) is 5.56 Å². The Balaban J connectivity index is 1.88. The van der Waals surface area contributed by atoms with Gasteiger partial charge in [0.25, 0.3) is 0 Å². The van der Waals surface area contributed by atoms with Gasteiger partial charge in [0.05, 0.1) is 12.5 Å². The summed E-state index contributed by atoms with van der Waals surface area (Å²) in [6.45, 7) is 7.35. The van der Waals surface area contributed by atoms with E-state index in [4.69, 9.17) is 16.3 Å². The molecule has 1 N–H and O–H groups in total. The number of aryl methyl sites for hydroxylation is 1. The quantitative estimate of drug-likeness (QED) is 0.614. The van der Waals surface area contributed by atoms with Gasteiger partial charge in [-0.2, -0.15) is 4.31 Å². The Morgan fingerprint density at radius 3 is 2.55 bits per heavy atom. The van der Waals surface area contributed by atoms with Crippen molar-refractivity contribution in [3.8, 4) is 0 Å². The zero-order valence-electron chi connectivity index (χ0n) is 19.6. The van der Waals surface area contributed by atoms with Crippen LogP contribution in [0.3, 0.4) is 0 Å².